The lowest BCUT2D eigenvalue weighted by molar-refractivity contribution is -0.123. The van der Waals surface area contributed by atoms with E-state index in [0.717, 1.165) is 11.3 Å². The van der Waals surface area contributed by atoms with Crippen molar-refractivity contribution in [2.75, 3.05) is 37.2 Å². The van der Waals surface area contributed by atoms with Gasteiger partial charge in [-0.2, -0.15) is 0 Å². The molecule has 27 heavy (non-hydrogen) atoms. The average Bonchev–Trinajstić information content (AvgIpc) is 3.12. The van der Waals surface area contributed by atoms with Crippen molar-refractivity contribution in [2.24, 2.45) is 0 Å². The van der Waals surface area contributed by atoms with E-state index in [1.807, 2.05) is 61.5 Å². The predicted octanol–water partition coefficient (Wildman–Crippen LogP) is 2.15. The summed E-state index contributed by atoms with van der Waals surface area (Å²) in [6.45, 7) is 1.97. The van der Waals surface area contributed by atoms with E-state index < -0.39 is 0 Å². The fourth-order valence-corrected chi connectivity index (χ4v) is 2.77. The first-order chi connectivity index (χ1) is 12.9. The monoisotopic (exact) mass is 369 g/mol. The number of fused-ring (bicyclic) bond motifs is 1. The fourth-order valence-electron chi connectivity index (χ4n) is 2.77. The Hall–Kier alpha value is -3.22. The summed E-state index contributed by atoms with van der Waals surface area (Å²) in [5.41, 5.74) is 2.61. The van der Waals surface area contributed by atoms with Crippen LogP contribution in [0.25, 0.3) is 0 Å². The Labute approximate surface area is 158 Å². The molecule has 0 saturated heterocycles. The average molecular weight is 369 g/mol. The van der Waals surface area contributed by atoms with Gasteiger partial charge in [-0.25, -0.2) is 0 Å². The Kier molecular flexibility index (Phi) is 5.49. The maximum Gasteiger partial charge on any atom is 0.240 e. The highest BCUT2D eigenvalue weighted by molar-refractivity contribution is 5.97. The number of carbonyl (C=O) groups excluding carboxylic acids is 2. The molecule has 0 bridgehead atoms. The molecule has 7 heteroatoms. The van der Waals surface area contributed by atoms with E-state index in [0.29, 0.717) is 23.7 Å². The van der Waals surface area contributed by atoms with Gasteiger partial charge in [0.15, 0.2) is 11.5 Å². The van der Waals surface area contributed by atoms with Gasteiger partial charge in [0.05, 0.1) is 0 Å². The van der Waals surface area contributed by atoms with Crippen molar-refractivity contribution in [1.82, 2.24) is 5.32 Å². The number of amides is 2. The third kappa shape index (κ3) is 4.49. The number of benzene rings is 2. The maximum atomic E-state index is 12.3. The van der Waals surface area contributed by atoms with Crippen LogP contribution >= 0.6 is 0 Å². The molecule has 0 aliphatic carbocycles. The van der Waals surface area contributed by atoms with Crippen molar-refractivity contribution in [1.29, 1.82) is 0 Å². The van der Waals surface area contributed by atoms with Crippen LogP contribution in [0.15, 0.2) is 42.5 Å². The van der Waals surface area contributed by atoms with Gasteiger partial charge < -0.3 is 24.6 Å². The number of rotatable bonds is 6. The highest BCUT2D eigenvalue weighted by Gasteiger charge is 2.17. The topological polar surface area (TPSA) is 71.1 Å². The molecule has 1 aliphatic heterocycles. The summed E-state index contributed by atoms with van der Waals surface area (Å²) in [6.07, 6.45) is 0. The molecule has 0 atom stereocenters. The van der Waals surface area contributed by atoms with Crippen molar-refractivity contribution in [3.05, 3.63) is 48.0 Å². The van der Waals surface area contributed by atoms with Crippen LogP contribution in [0.5, 0.6) is 11.5 Å². The molecule has 0 fully saturated rings. The van der Waals surface area contributed by atoms with Gasteiger partial charge >= 0.3 is 0 Å². The van der Waals surface area contributed by atoms with Crippen molar-refractivity contribution in [2.45, 2.75) is 13.5 Å². The number of nitrogens with one attached hydrogen (secondary N) is 1. The number of nitrogens with zero attached hydrogens (tertiary/aromatic N) is 2. The Morgan fingerprint density at radius 2 is 1.67 bits per heavy atom. The molecule has 0 radical (unpaired) electrons. The first-order valence-electron chi connectivity index (χ1n) is 8.65. The van der Waals surface area contributed by atoms with E-state index in [1.165, 1.54) is 11.8 Å². The molecule has 2 aromatic carbocycles. The molecular weight excluding hydrogens is 346 g/mol. The quantitative estimate of drug-likeness (QED) is 0.845. The normalized spacial score (nSPS) is 11.8. The van der Waals surface area contributed by atoms with Gasteiger partial charge in [0.2, 0.25) is 18.6 Å². The first kappa shape index (κ1) is 18.6. The Balaban J connectivity index is 1.61. The summed E-state index contributed by atoms with van der Waals surface area (Å²) < 4.78 is 10.6. The smallest absolute Gasteiger partial charge is 0.240 e. The molecule has 1 aliphatic rings. The summed E-state index contributed by atoms with van der Waals surface area (Å²) in [5, 5.41) is 2.84. The maximum absolute atomic E-state index is 12.3. The minimum absolute atomic E-state index is 0.0405. The van der Waals surface area contributed by atoms with E-state index in [1.54, 1.807) is 0 Å². The van der Waals surface area contributed by atoms with Gasteiger partial charge in [-0.05, 0) is 42.0 Å². The van der Waals surface area contributed by atoms with Gasteiger partial charge in [-0.1, -0.05) is 6.07 Å². The number of hydrogen-bond donors (Lipinski definition) is 1. The van der Waals surface area contributed by atoms with Crippen LogP contribution < -0.4 is 24.6 Å². The van der Waals surface area contributed by atoms with Crippen LogP contribution in [0.2, 0.25) is 0 Å². The van der Waals surface area contributed by atoms with Crippen molar-refractivity contribution >= 4 is 23.2 Å². The minimum Gasteiger partial charge on any atom is -0.454 e. The lowest BCUT2D eigenvalue weighted by Gasteiger charge is -2.22. The Morgan fingerprint density at radius 1 is 1.00 bits per heavy atom. The molecule has 0 saturated carbocycles. The Bertz CT molecular complexity index is 834. The van der Waals surface area contributed by atoms with Gasteiger partial charge in [-0.3, -0.25) is 9.59 Å². The lowest BCUT2D eigenvalue weighted by Crippen LogP contribution is -2.39. The summed E-state index contributed by atoms with van der Waals surface area (Å²) >= 11 is 0. The molecule has 3 rings (SSSR count). The number of anilines is 2. The van der Waals surface area contributed by atoms with E-state index in [-0.39, 0.29) is 25.2 Å². The van der Waals surface area contributed by atoms with Crippen LogP contribution in [-0.2, 0) is 16.1 Å². The van der Waals surface area contributed by atoms with Crippen LogP contribution in [0.4, 0.5) is 11.4 Å². The highest BCUT2D eigenvalue weighted by Crippen LogP contribution is 2.32. The van der Waals surface area contributed by atoms with Crippen LogP contribution in [-0.4, -0.2) is 39.2 Å². The number of carbonyl (C=O) groups is 2. The van der Waals surface area contributed by atoms with E-state index in [9.17, 15) is 9.59 Å². The molecular formula is C20H23N3O4. The van der Waals surface area contributed by atoms with Gasteiger partial charge in [-0.15, -0.1) is 0 Å². The second-order valence-electron chi connectivity index (χ2n) is 6.48. The second kappa shape index (κ2) is 7.99. The zero-order valence-corrected chi connectivity index (χ0v) is 15.7. The standard InChI is InChI=1S/C20H23N3O4/c1-14(24)23(17-7-5-16(6-8-17)22(2)3)12-20(25)21-11-15-4-9-18-19(10-15)27-13-26-18/h4-10H,11-13H2,1-3H3,(H,21,25). The van der Waals surface area contributed by atoms with Gasteiger partial charge in [0.1, 0.15) is 6.54 Å². The van der Waals surface area contributed by atoms with E-state index >= 15 is 0 Å². The zero-order chi connectivity index (χ0) is 19.4. The SMILES string of the molecule is CC(=O)N(CC(=O)NCc1ccc2c(c1)OCO2)c1ccc(N(C)C)cc1. The summed E-state index contributed by atoms with van der Waals surface area (Å²) in [6, 6.07) is 13.0. The van der Waals surface area contributed by atoms with E-state index in [2.05, 4.69) is 5.32 Å². The molecule has 2 amide bonds. The zero-order valence-electron chi connectivity index (χ0n) is 15.7. The number of hydrogen-bond acceptors (Lipinski definition) is 5. The summed E-state index contributed by atoms with van der Waals surface area (Å²) in [7, 11) is 3.89. The fraction of sp³-hybridized carbons (Fsp3) is 0.300. The molecule has 1 N–H and O–H groups in total. The van der Waals surface area contributed by atoms with Crippen LogP contribution in [0.1, 0.15) is 12.5 Å². The number of ether oxygens (including phenoxy) is 2. The largest absolute Gasteiger partial charge is 0.454 e. The summed E-state index contributed by atoms with van der Waals surface area (Å²) in [5.74, 6) is 0.951. The Morgan fingerprint density at radius 3 is 2.33 bits per heavy atom. The molecule has 7 nitrogen and oxygen atoms in total. The third-order valence-corrected chi connectivity index (χ3v) is 4.29. The third-order valence-electron chi connectivity index (χ3n) is 4.29. The minimum atomic E-state index is -0.237. The molecule has 0 aromatic heterocycles. The predicted molar refractivity (Wildman–Crippen MR) is 103 cm³/mol. The van der Waals surface area contributed by atoms with Gasteiger partial charge in [0, 0.05) is 38.9 Å². The highest BCUT2D eigenvalue weighted by atomic mass is 16.7. The molecule has 1 heterocycles. The van der Waals surface area contributed by atoms with Gasteiger partial charge in [0.25, 0.3) is 0 Å². The molecule has 142 valence electrons. The second-order valence-corrected chi connectivity index (χ2v) is 6.48. The molecule has 0 unspecified atom stereocenters. The van der Waals surface area contributed by atoms with Crippen LogP contribution in [0.3, 0.4) is 0 Å². The first-order valence-corrected chi connectivity index (χ1v) is 8.65. The lowest BCUT2D eigenvalue weighted by atomic mass is 10.2. The van der Waals surface area contributed by atoms with Crippen molar-refractivity contribution < 1.29 is 19.1 Å². The van der Waals surface area contributed by atoms with Crippen molar-refractivity contribution in [3.63, 3.8) is 0 Å². The molecule has 2 aromatic rings. The van der Waals surface area contributed by atoms with Crippen LogP contribution in [0, 0.1) is 0 Å². The summed E-state index contributed by atoms with van der Waals surface area (Å²) in [4.78, 5) is 27.8. The van der Waals surface area contributed by atoms with E-state index in [4.69, 9.17) is 9.47 Å². The molecule has 0 spiro atoms. The van der Waals surface area contributed by atoms with Crippen molar-refractivity contribution in [3.8, 4) is 11.5 Å².